The van der Waals surface area contributed by atoms with Gasteiger partial charge in [-0.1, -0.05) is 48.5 Å². The first kappa shape index (κ1) is 13.9. The molecule has 20 heavy (non-hydrogen) atoms. The van der Waals surface area contributed by atoms with Crippen molar-refractivity contribution in [1.29, 1.82) is 0 Å². The molecule has 3 heteroatoms. The van der Waals surface area contributed by atoms with E-state index in [2.05, 4.69) is 17.1 Å². The first-order valence-corrected chi connectivity index (χ1v) is 6.38. The van der Waals surface area contributed by atoms with Gasteiger partial charge in [-0.2, -0.15) is 0 Å². The van der Waals surface area contributed by atoms with Crippen molar-refractivity contribution in [3.63, 3.8) is 0 Å². The van der Waals surface area contributed by atoms with Gasteiger partial charge in [-0.25, -0.2) is 0 Å². The van der Waals surface area contributed by atoms with E-state index < -0.39 is 0 Å². The number of nitrogens with zero attached hydrogens (tertiary/aromatic N) is 1. The average molecular weight is 264 g/mol. The van der Waals surface area contributed by atoms with Crippen LogP contribution in [0.25, 0.3) is 10.9 Å². The Hall–Kier alpha value is -2.52. The molecule has 0 aliphatic heterocycles. The number of nitrogens with two attached hydrogens (primary N) is 1. The number of hydrogen-bond acceptors (Lipinski definition) is 3. The molecule has 0 aliphatic carbocycles. The molecule has 0 spiro atoms. The topological polar surface area (TPSA) is 56.0 Å². The second-order valence-corrected chi connectivity index (χ2v) is 4.22. The van der Waals surface area contributed by atoms with Crippen LogP contribution >= 0.6 is 0 Å². The van der Waals surface area contributed by atoms with Gasteiger partial charge in [-0.15, -0.1) is 0 Å². The van der Waals surface area contributed by atoms with Crippen LogP contribution < -0.4 is 5.73 Å². The lowest BCUT2D eigenvalue weighted by atomic mass is 10.1. The Balaban J connectivity index is 0.000000147. The lowest BCUT2D eigenvalue weighted by molar-refractivity contribution is 0.112. The van der Waals surface area contributed by atoms with Gasteiger partial charge in [0, 0.05) is 23.7 Å². The van der Waals surface area contributed by atoms with Crippen LogP contribution in [0.4, 0.5) is 0 Å². The van der Waals surface area contributed by atoms with Crippen molar-refractivity contribution >= 4 is 17.2 Å². The van der Waals surface area contributed by atoms with Crippen molar-refractivity contribution in [2.24, 2.45) is 5.73 Å². The van der Waals surface area contributed by atoms with Crippen LogP contribution in [0, 0.1) is 0 Å². The number of aldehydes is 1. The molecule has 1 aromatic heterocycles. The van der Waals surface area contributed by atoms with Crippen molar-refractivity contribution < 1.29 is 4.79 Å². The van der Waals surface area contributed by atoms with Gasteiger partial charge < -0.3 is 5.73 Å². The zero-order valence-corrected chi connectivity index (χ0v) is 11.1. The largest absolute Gasteiger partial charge is 0.326 e. The number of para-hydroxylation sites is 1. The molecule has 0 aliphatic rings. The second-order valence-electron chi connectivity index (χ2n) is 4.22. The lowest BCUT2D eigenvalue weighted by Crippen LogP contribution is -1.99. The summed E-state index contributed by atoms with van der Waals surface area (Å²) >= 11 is 0. The van der Waals surface area contributed by atoms with Gasteiger partial charge >= 0.3 is 0 Å². The number of benzene rings is 2. The van der Waals surface area contributed by atoms with Gasteiger partial charge in [0.25, 0.3) is 0 Å². The molecule has 0 saturated carbocycles. The maximum atomic E-state index is 10.3. The van der Waals surface area contributed by atoms with E-state index in [1.807, 2.05) is 48.7 Å². The fraction of sp³-hybridized carbons (Fsp3) is 0.0588. The molecule has 3 nitrogen and oxygen atoms in total. The summed E-state index contributed by atoms with van der Waals surface area (Å²) in [4.78, 5) is 14.5. The number of pyridine rings is 1. The standard InChI is InChI=1S/C9H7N.C8H9NO/c1-2-6-9-8(4-1)5-3-7-10-9;9-5-7-3-1-2-4-8(7)6-10/h1-7H;1-4,6H,5,9H2. The van der Waals surface area contributed by atoms with E-state index in [1.165, 1.54) is 5.39 Å². The highest BCUT2D eigenvalue weighted by molar-refractivity contribution is 5.78. The molecule has 0 bridgehead atoms. The first-order chi connectivity index (χ1) is 9.85. The van der Waals surface area contributed by atoms with Crippen LogP contribution in [-0.4, -0.2) is 11.3 Å². The Morgan fingerprint density at radius 1 is 0.950 bits per heavy atom. The third-order valence-corrected chi connectivity index (χ3v) is 2.91. The molecule has 2 aromatic carbocycles. The van der Waals surface area contributed by atoms with Crippen molar-refractivity contribution in [1.82, 2.24) is 4.98 Å². The van der Waals surface area contributed by atoms with Crippen molar-refractivity contribution in [2.45, 2.75) is 6.54 Å². The summed E-state index contributed by atoms with van der Waals surface area (Å²) in [5, 5.41) is 1.20. The Morgan fingerprint density at radius 3 is 2.35 bits per heavy atom. The highest BCUT2D eigenvalue weighted by atomic mass is 16.1. The van der Waals surface area contributed by atoms with Gasteiger partial charge in [0.2, 0.25) is 0 Å². The molecule has 0 atom stereocenters. The molecule has 0 saturated heterocycles. The predicted molar refractivity (Wildman–Crippen MR) is 81.5 cm³/mol. The fourth-order valence-corrected chi connectivity index (χ4v) is 1.85. The Bertz CT molecular complexity index is 630. The molecule has 2 N–H and O–H groups in total. The molecule has 0 amide bonds. The highest BCUT2D eigenvalue weighted by Crippen LogP contribution is 2.08. The number of carbonyl (C=O) groups excluding carboxylic acids is 1. The van der Waals surface area contributed by atoms with E-state index in [4.69, 9.17) is 5.73 Å². The molecule has 0 fully saturated rings. The maximum Gasteiger partial charge on any atom is 0.150 e. The monoisotopic (exact) mass is 264 g/mol. The molecule has 0 unspecified atom stereocenters. The normalized spacial score (nSPS) is 9.65. The number of fused-ring (bicyclic) bond motifs is 1. The predicted octanol–water partition coefficient (Wildman–Crippen LogP) is 3.19. The van der Waals surface area contributed by atoms with E-state index in [-0.39, 0.29) is 0 Å². The summed E-state index contributed by atoms with van der Waals surface area (Å²) in [7, 11) is 0. The average Bonchev–Trinajstić information content (AvgIpc) is 2.55. The lowest BCUT2D eigenvalue weighted by Gasteiger charge is -1.97. The van der Waals surface area contributed by atoms with Crippen LogP contribution in [0.15, 0.2) is 66.9 Å². The van der Waals surface area contributed by atoms with E-state index in [1.54, 1.807) is 6.07 Å². The van der Waals surface area contributed by atoms with Crippen LogP contribution in [0.1, 0.15) is 15.9 Å². The first-order valence-electron chi connectivity index (χ1n) is 6.38. The third kappa shape index (κ3) is 3.49. The summed E-state index contributed by atoms with van der Waals surface area (Å²) in [6.45, 7) is 0.426. The van der Waals surface area contributed by atoms with Crippen LogP contribution in [-0.2, 0) is 6.54 Å². The number of hydrogen-bond donors (Lipinski definition) is 1. The third-order valence-electron chi connectivity index (χ3n) is 2.91. The van der Waals surface area contributed by atoms with Crippen LogP contribution in [0.5, 0.6) is 0 Å². The fourth-order valence-electron chi connectivity index (χ4n) is 1.85. The molecule has 0 radical (unpaired) electrons. The second kappa shape index (κ2) is 7.16. The maximum absolute atomic E-state index is 10.3. The Morgan fingerprint density at radius 2 is 1.65 bits per heavy atom. The number of carbonyl (C=O) groups is 1. The van der Waals surface area contributed by atoms with E-state index >= 15 is 0 Å². The molecular weight excluding hydrogens is 248 g/mol. The van der Waals surface area contributed by atoms with Crippen LogP contribution in [0.3, 0.4) is 0 Å². The van der Waals surface area contributed by atoms with Crippen molar-refractivity contribution in [3.8, 4) is 0 Å². The minimum atomic E-state index is 0.426. The molecule has 100 valence electrons. The molecule has 1 heterocycles. The molecular formula is C17H16N2O. The summed E-state index contributed by atoms with van der Waals surface area (Å²) in [6, 6.07) is 19.4. The van der Waals surface area contributed by atoms with E-state index in [0.29, 0.717) is 12.1 Å². The van der Waals surface area contributed by atoms with Crippen molar-refractivity contribution in [2.75, 3.05) is 0 Å². The van der Waals surface area contributed by atoms with E-state index in [9.17, 15) is 4.79 Å². The zero-order valence-electron chi connectivity index (χ0n) is 11.1. The quantitative estimate of drug-likeness (QED) is 0.723. The van der Waals surface area contributed by atoms with Gasteiger partial charge in [0.05, 0.1) is 5.52 Å². The smallest absolute Gasteiger partial charge is 0.150 e. The summed E-state index contributed by atoms with van der Waals surface area (Å²) in [5.41, 5.74) is 8.01. The zero-order chi connectivity index (χ0) is 14.2. The van der Waals surface area contributed by atoms with Gasteiger partial charge in [0.15, 0.2) is 0 Å². The number of rotatable bonds is 2. The highest BCUT2D eigenvalue weighted by Gasteiger charge is 1.94. The van der Waals surface area contributed by atoms with E-state index in [0.717, 1.165) is 17.4 Å². The number of aromatic nitrogens is 1. The Labute approximate surface area is 118 Å². The summed E-state index contributed by atoms with van der Waals surface area (Å²) in [6.07, 6.45) is 2.63. The van der Waals surface area contributed by atoms with Gasteiger partial charge in [0.1, 0.15) is 6.29 Å². The molecule has 3 rings (SSSR count). The summed E-state index contributed by atoms with van der Waals surface area (Å²) < 4.78 is 0. The van der Waals surface area contributed by atoms with Crippen LogP contribution in [0.2, 0.25) is 0 Å². The van der Waals surface area contributed by atoms with Gasteiger partial charge in [-0.3, -0.25) is 9.78 Å². The minimum absolute atomic E-state index is 0.426. The SMILES string of the molecule is NCc1ccccc1C=O.c1ccc2ncccc2c1. The van der Waals surface area contributed by atoms with Gasteiger partial charge in [-0.05, 0) is 17.7 Å². The van der Waals surface area contributed by atoms with Crippen molar-refractivity contribution in [3.05, 3.63) is 78.0 Å². The molecule has 3 aromatic rings. The minimum Gasteiger partial charge on any atom is -0.326 e. The summed E-state index contributed by atoms with van der Waals surface area (Å²) in [5.74, 6) is 0. The Kier molecular flexibility index (Phi) is 4.98.